The fraction of sp³-hybridized carbons (Fsp3) is 0.511. The predicted octanol–water partition coefficient (Wildman–Crippen LogP) is 9.37. The highest BCUT2D eigenvalue weighted by Gasteiger charge is 2.27. The Morgan fingerprint density at radius 3 is 1.43 bits per heavy atom. The van der Waals surface area contributed by atoms with Crippen LogP contribution in [0.2, 0.25) is 0 Å². The van der Waals surface area contributed by atoms with Gasteiger partial charge in [-0.3, -0.25) is 15.4 Å². The minimum Gasteiger partial charge on any atom is -0.444 e. The molecule has 4 rings (SSSR count). The summed E-state index contributed by atoms with van der Waals surface area (Å²) in [7, 11) is 0. The van der Waals surface area contributed by atoms with Crippen LogP contribution >= 0.6 is 0 Å². The molecular formula is C47H65N7O9. The Labute approximate surface area is 371 Å². The molecule has 0 radical (unpaired) electrons. The van der Waals surface area contributed by atoms with Crippen LogP contribution in [0, 0.1) is 13.8 Å². The molecule has 3 N–H and O–H groups in total. The van der Waals surface area contributed by atoms with Gasteiger partial charge in [0, 0.05) is 37.4 Å². The van der Waals surface area contributed by atoms with Gasteiger partial charge in [0.25, 0.3) is 5.91 Å². The van der Waals surface area contributed by atoms with Crippen molar-refractivity contribution in [3.63, 3.8) is 0 Å². The second kappa shape index (κ2) is 19.9. The maximum Gasteiger partial charge on any atom is 0.437 e. The van der Waals surface area contributed by atoms with E-state index in [1.54, 1.807) is 92.9 Å². The first-order valence-electron chi connectivity index (χ1n) is 21.1. The van der Waals surface area contributed by atoms with Crippen LogP contribution < -0.4 is 16.0 Å². The number of rotatable bonds is 4. The van der Waals surface area contributed by atoms with E-state index in [1.807, 2.05) is 62.4 Å². The van der Waals surface area contributed by atoms with Gasteiger partial charge in [0.15, 0.2) is 0 Å². The van der Waals surface area contributed by atoms with E-state index in [0.717, 1.165) is 33.4 Å². The lowest BCUT2D eigenvalue weighted by Crippen LogP contribution is -2.48. The zero-order chi connectivity index (χ0) is 47.1. The van der Waals surface area contributed by atoms with Crippen LogP contribution in [0.5, 0.6) is 0 Å². The van der Waals surface area contributed by atoms with Crippen LogP contribution in [0.15, 0.2) is 58.5 Å². The van der Waals surface area contributed by atoms with E-state index in [0.29, 0.717) is 50.3 Å². The summed E-state index contributed by atoms with van der Waals surface area (Å²) in [5.74, 6) is -0.166. The predicted molar refractivity (Wildman–Crippen MR) is 245 cm³/mol. The zero-order valence-electron chi connectivity index (χ0n) is 39.3. The van der Waals surface area contributed by atoms with Crippen LogP contribution in [0.3, 0.4) is 0 Å². The van der Waals surface area contributed by atoms with E-state index in [2.05, 4.69) is 25.9 Å². The number of nitrogens with zero attached hydrogens (tertiary/aromatic N) is 4. The van der Waals surface area contributed by atoms with Crippen molar-refractivity contribution in [2.45, 2.75) is 132 Å². The average Bonchev–Trinajstić information content (AvgIpc) is 3.11. The molecule has 2 aliphatic heterocycles. The third-order valence-corrected chi connectivity index (χ3v) is 9.10. The molecule has 0 unspecified atom stereocenters. The van der Waals surface area contributed by atoms with Crippen LogP contribution in [0.1, 0.15) is 129 Å². The van der Waals surface area contributed by atoms with Gasteiger partial charge in [-0.2, -0.15) is 0 Å². The molecule has 2 aromatic rings. The van der Waals surface area contributed by atoms with Crippen molar-refractivity contribution in [2.75, 3.05) is 31.5 Å². The van der Waals surface area contributed by atoms with Gasteiger partial charge in [-0.1, -0.05) is 30.4 Å². The van der Waals surface area contributed by atoms with Crippen molar-refractivity contribution >= 4 is 59.0 Å². The van der Waals surface area contributed by atoms with Crippen LogP contribution in [0.4, 0.5) is 24.9 Å². The average molecular weight is 872 g/mol. The van der Waals surface area contributed by atoms with Crippen LogP contribution in [0.25, 0.3) is 11.1 Å². The number of hydrogen-bond donors (Lipinski definition) is 3. The third kappa shape index (κ3) is 16.2. The topological polar surface area (TPSA) is 190 Å². The molecule has 342 valence electrons. The summed E-state index contributed by atoms with van der Waals surface area (Å²) < 4.78 is 21.6. The molecule has 0 saturated heterocycles. The normalized spacial score (nSPS) is 15.4. The molecule has 0 atom stereocenters. The Morgan fingerprint density at radius 2 is 1.03 bits per heavy atom. The maximum absolute atomic E-state index is 13.6. The Kier molecular flexibility index (Phi) is 15.6. The third-order valence-electron chi connectivity index (χ3n) is 9.10. The number of anilines is 1. The molecule has 0 spiro atoms. The Balaban J connectivity index is 1.43. The quantitative estimate of drug-likeness (QED) is 0.151. The van der Waals surface area contributed by atoms with Gasteiger partial charge in [-0.05, 0) is 161 Å². The molecule has 0 saturated carbocycles. The zero-order valence-corrected chi connectivity index (χ0v) is 39.3. The summed E-state index contributed by atoms with van der Waals surface area (Å²) in [4.78, 5) is 75.9. The second-order valence-electron chi connectivity index (χ2n) is 19.4. The van der Waals surface area contributed by atoms with Gasteiger partial charge in [0.2, 0.25) is 11.9 Å². The SMILES string of the molecule is Cc1cc(C2=CCN(C(=NC(=O)OC(C)(C)C)NC(=O)OC(C)(C)C)CC2)ccc1C(=O)Nc1ccc(C2=CCN(C(=NC(=O)OC(C)(C)C)NC(=O)OC(C)(C)C)CC2)c(C)c1. The maximum atomic E-state index is 13.6. The molecule has 0 fully saturated rings. The van der Waals surface area contributed by atoms with Crippen molar-refractivity contribution in [2.24, 2.45) is 9.98 Å². The van der Waals surface area contributed by atoms with E-state index in [9.17, 15) is 24.0 Å². The minimum absolute atomic E-state index is 0.0350. The molecule has 2 heterocycles. The first-order chi connectivity index (χ1) is 29.0. The van der Waals surface area contributed by atoms with Gasteiger partial charge in [-0.15, -0.1) is 9.98 Å². The Hall–Kier alpha value is -6.19. The molecule has 16 heteroatoms. The summed E-state index contributed by atoms with van der Waals surface area (Å²) in [6, 6.07) is 11.5. The smallest absolute Gasteiger partial charge is 0.437 e. The number of alkyl carbamates (subject to hydrolysis) is 2. The summed E-state index contributed by atoms with van der Waals surface area (Å²) in [6.07, 6.45) is 2.07. The van der Waals surface area contributed by atoms with Crippen molar-refractivity contribution < 1.29 is 42.9 Å². The number of nitrogens with one attached hydrogen (secondary N) is 3. The number of guanidine groups is 2. The van der Waals surface area contributed by atoms with Gasteiger partial charge in [-0.25, -0.2) is 19.2 Å². The first kappa shape index (κ1) is 49.5. The lowest BCUT2D eigenvalue weighted by molar-refractivity contribution is 0.0536. The number of ether oxygens (including phenoxy) is 4. The fourth-order valence-corrected chi connectivity index (χ4v) is 6.54. The molecule has 2 aromatic carbocycles. The number of amides is 5. The number of carbonyl (C=O) groups is 5. The molecule has 63 heavy (non-hydrogen) atoms. The highest BCUT2D eigenvalue weighted by Crippen LogP contribution is 2.29. The molecular weight excluding hydrogens is 807 g/mol. The highest BCUT2D eigenvalue weighted by atomic mass is 16.6. The minimum atomic E-state index is -0.830. The fourth-order valence-electron chi connectivity index (χ4n) is 6.54. The lowest BCUT2D eigenvalue weighted by Gasteiger charge is -2.30. The monoisotopic (exact) mass is 871 g/mol. The largest absolute Gasteiger partial charge is 0.444 e. The van der Waals surface area contributed by atoms with E-state index in [4.69, 9.17) is 18.9 Å². The summed E-state index contributed by atoms with van der Waals surface area (Å²) >= 11 is 0. The second-order valence-corrected chi connectivity index (χ2v) is 19.4. The van der Waals surface area contributed by atoms with Crippen LogP contribution in [-0.4, -0.2) is 101 Å². The number of benzene rings is 2. The standard InChI is InChI=1S/C47H65N7O9/c1-29-27-33(31-19-23-53(24-20-31)38(49-40(56)60-44(3,4)5)50-41(57)61-45(6,7)8)15-17-36(29)37(55)48-34-16-18-35(30(2)28-34)32-21-25-54(26-22-32)39(51-42(58)62-46(9,10)11)52-43(59)63-47(12,13)14/h15-19,21,27-28H,20,22-26H2,1-14H3,(H,48,55)(H,49,50,56,57)(H,51,52,58,59). The number of aryl methyl sites for hydroxylation is 2. The van der Waals surface area contributed by atoms with Gasteiger partial charge >= 0.3 is 24.4 Å². The van der Waals surface area contributed by atoms with Gasteiger partial charge < -0.3 is 34.1 Å². The van der Waals surface area contributed by atoms with Gasteiger partial charge in [0.05, 0.1) is 0 Å². The van der Waals surface area contributed by atoms with E-state index < -0.39 is 46.8 Å². The van der Waals surface area contributed by atoms with E-state index >= 15 is 0 Å². The van der Waals surface area contributed by atoms with Crippen molar-refractivity contribution in [3.05, 3.63) is 76.4 Å². The lowest BCUT2D eigenvalue weighted by atomic mass is 9.94. The van der Waals surface area contributed by atoms with Crippen molar-refractivity contribution in [3.8, 4) is 0 Å². The summed E-state index contributed by atoms with van der Waals surface area (Å²) in [5, 5.41) is 8.28. The van der Waals surface area contributed by atoms with Crippen molar-refractivity contribution in [1.29, 1.82) is 0 Å². The van der Waals surface area contributed by atoms with E-state index in [1.165, 1.54) is 0 Å². The molecule has 16 nitrogen and oxygen atoms in total. The highest BCUT2D eigenvalue weighted by molar-refractivity contribution is 6.06. The van der Waals surface area contributed by atoms with Gasteiger partial charge in [0.1, 0.15) is 22.4 Å². The molecule has 0 aromatic heterocycles. The van der Waals surface area contributed by atoms with Crippen molar-refractivity contribution in [1.82, 2.24) is 20.4 Å². The van der Waals surface area contributed by atoms with E-state index in [-0.39, 0.29) is 17.8 Å². The number of carbonyl (C=O) groups excluding carboxylic acids is 5. The first-order valence-corrected chi connectivity index (χ1v) is 21.1. The molecule has 5 amide bonds. The number of hydrogen-bond acceptors (Lipinski definition) is 9. The Bertz CT molecular complexity index is 2200. The molecule has 0 bridgehead atoms. The summed E-state index contributed by atoms with van der Waals surface area (Å²) in [6.45, 7) is 26.4. The molecule has 0 aliphatic carbocycles. The number of aliphatic imine (C=N–C) groups is 2. The Morgan fingerprint density at radius 1 is 0.571 bits per heavy atom. The van der Waals surface area contributed by atoms with Crippen LogP contribution in [-0.2, 0) is 18.9 Å². The molecule has 2 aliphatic rings. The summed E-state index contributed by atoms with van der Waals surface area (Å²) in [5.41, 5.74) is 4.01.